The molecule has 136 valence electrons. The van der Waals surface area contributed by atoms with Gasteiger partial charge in [0, 0.05) is 18.7 Å². The van der Waals surface area contributed by atoms with Crippen LogP contribution >= 0.6 is 0 Å². The average molecular weight is 355 g/mol. The zero-order chi connectivity index (χ0) is 18.5. The topological polar surface area (TPSA) is 49.8 Å². The SMILES string of the molecule is COc1ccc(/C=C/C(=O)c2ccc(N3CCCCC3)c(F)c2)cc1O. The van der Waals surface area contributed by atoms with E-state index in [4.69, 9.17) is 4.74 Å². The van der Waals surface area contributed by atoms with Gasteiger partial charge in [0.25, 0.3) is 0 Å². The number of benzene rings is 2. The van der Waals surface area contributed by atoms with Gasteiger partial charge in [0.15, 0.2) is 17.3 Å². The maximum Gasteiger partial charge on any atom is 0.185 e. The van der Waals surface area contributed by atoms with Crippen LogP contribution in [0.15, 0.2) is 42.5 Å². The molecule has 2 aromatic rings. The highest BCUT2D eigenvalue weighted by Crippen LogP contribution is 2.27. The van der Waals surface area contributed by atoms with E-state index in [9.17, 15) is 14.3 Å². The van der Waals surface area contributed by atoms with Crippen LogP contribution in [0.2, 0.25) is 0 Å². The van der Waals surface area contributed by atoms with Crippen LogP contribution in [0.3, 0.4) is 0 Å². The minimum Gasteiger partial charge on any atom is -0.504 e. The van der Waals surface area contributed by atoms with Gasteiger partial charge in [-0.1, -0.05) is 12.1 Å². The van der Waals surface area contributed by atoms with Crippen molar-refractivity contribution >= 4 is 17.5 Å². The van der Waals surface area contributed by atoms with Gasteiger partial charge in [-0.15, -0.1) is 0 Å². The summed E-state index contributed by atoms with van der Waals surface area (Å²) in [6, 6.07) is 9.48. The smallest absolute Gasteiger partial charge is 0.185 e. The molecule has 0 aromatic heterocycles. The Bertz CT molecular complexity index is 826. The van der Waals surface area contributed by atoms with Crippen molar-refractivity contribution in [3.8, 4) is 11.5 Å². The lowest BCUT2D eigenvalue weighted by molar-refractivity contribution is 0.104. The second-order valence-corrected chi connectivity index (χ2v) is 6.34. The lowest BCUT2D eigenvalue weighted by Gasteiger charge is -2.29. The van der Waals surface area contributed by atoms with Crippen molar-refractivity contribution in [1.29, 1.82) is 0 Å². The molecular formula is C21H22FNO3. The largest absolute Gasteiger partial charge is 0.504 e. The van der Waals surface area contributed by atoms with Gasteiger partial charge in [-0.3, -0.25) is 4.79 Å². The van der Waals surface area contributed by atoms with E-state index in [1.165, 1.54) is 31.7 Å². The third-order valence-corrected chi connectivity index (χ3v) is 4.56. The highest BCUT2D eigenvalue weighted by atomic mass is 19.1. The second-order valence-electron chi connectivity index (χ2n) is 6.34. The summed E-state index contributed by atoms with van der Waals surface area (Å²) < 4.78 is 19.4. The van der Waals surface area contributed by atoms with Gasteiger partial charge in [-0.2, -0.15) is 0 Å². The number of allylic oxidation sites excluding steroid dienone is 1. The van der Waals surface area contributed by atoms with Crippen molar-refractivity contribution in [2.75, 3.05) is 25.1 Å². The molecule has 0 unspecified atom stereocenters. The summed E-state index contributed by atoms with van der Waals surface area (Å²) in [4.78, 5) is 14.3. The summed E-state index contributed by atoms with van der Waals surface area (Å²) in [7, 11) is 1.47. The standard InChI is InChI=1S/C21H22FNO3/c1-26-21-10-6-15(13-20(21)25)5-9-19(24)16-7-8-18(17(22)14-16)23-11-3-2-4-12-23/h5-10,13-14,25H,2-4,11-12H2,1H3/b9-5+. The van der Waals surface area contributed by atoms with Crippen LogP contribution in [0.4, 0.5) is 10.1 Å². The lowest BCUT2D eigenvalue weighted by Crippen LogP contribution is -2.30. The van der Waals surface area contributed by atoms with E-state index in [-0.39, 0.29) is 17.3 Å². The molecule has 1 aliphatic rings. The molecule has 4 nitrogen and oxygen atoms in total. The molecule has 0 radical (unpaired) electrons. The molecule has 0 amide bonds. The molecule has 1 aliphatic heterocycles. The van der Waals surface area contributed by atoms with Crippen molar-refractivity contribution < 1.29 is 19.0 Å². The van der Waals surface area contributed by atoms with Gasteiger partial charge < -0.3 is 14.7 Å². The van der Waals surface area contributed by atoms with Crippen LogP contribution in [0.25, 0.3) is 6.08 Å². The van der Waals surface area contributed by atoms with Gasteiger partial charge in [0.1, 0.15) is 5.82 Å². The van der Waals surface area contributed by atoms with E-state index >= 15 is 0 Å². The minimum atomic E-state index is -0.367. The maximum atomic E-state index is 14.4. The molecular weight excluding hydrogens is 333 g/mol. The van der Waals surface area contributed by atoms with E-state index in [1.807, 2.05) is 4.90 Å². The van der Waals surface area contributed by atoms with Crippen molar-refractivity contribution in [3.63, 3.8) is 0 Å². The van der Waals surface area contributed by atoms with Crippen LogP contribution in [0.5, 0.6) is 11.5 Å². The Hall–Kier alpha value is -2.82. The molecule has 26 heavy (non-hydrogen) atoms. The van der Waals surface area contributed by atoms with Crippen molar-refractivity contribution in [3.05, 3.63) is 59.4 Å². The maximum absolute atomic E-state index is 14.4. The number of hydrogen-bond donors (Lipinski definition) is 1. The number of ether oxygens (including phenoxy) is 1. The third kappa shape index (κ3) is 4.04. The van der Waals surface area contributed by atoms with Gasteiger partial charge in [-0.25, -0.2) is 4.39 Å². The molecule has 2 aromatic carbocycles. The molecule has 5 heteroatoms. The minimum absolute atomic E-state index is 0.000900. The Kier molecular flexibility index (Phi) is 5.56. The summed E-state index contributed by atoms with van der Waals surface area (Å²) in [6.07, 6.45) is 6.27. The fourth-order valence-electron chi connectivity index (χ4n) is 3.13. The number of hydrogen-bond acceptors (Lipinski definition) is 4. The summed E-state index contributed by atoms with van der Waals surface area (Å²) in [6.45, 7) is 1.70. The predicted octanol–water partition coefficient (Wildman–Crippen LogP) is 4.43. The summed E-state index contributed by atoms with van der Waals surface area (Å²) in [5, 5.41) is 9.77. The quantitative estimate of drug-likeness (QED) is 0.637. The predicted molar refractivity (Wildman–Crippen MR) is 100 cm³/mol. The van der Waals surface area contributed by atoms with Crippen LogP contribution in [-0.4, -0.2) is 31.1 Å². The average Bonchev–Trinajstić information content (AvgIpc) is 2.66. The number of carbonyl (C=O) groups is 1. The monoisotopic (exact) mass is 355 g/mol. The first-order valence-electron chi connectivity index (χ1n) is 8.72. The van der Waals surface area contributed by atoms with E-state index in [0.29, 0.717) is 22.6 Å². The van der Waals surface area contributed by atoms with E-state index < -0.39 is 0 Å². The Balaban J connectivity index is 1.73. The Labute approximate surface area is 152 Å². The molecule has 0 bridgehead atoms. The highest BCUT2D eigenvalue weighted by Gasteiger charge is 2.16. The van der Waals surface area contributed by atoms with E-state index in [0.717, 1.165) is 25.9 Å². The lowest BCUT2D eigenvalue weighted by atomic mass is 10.1. The highest BCUT2D eigenvalue weighted by molar-refractivity contribution is 6.07. The van der Waals surface area contributed by atoms with Crippen molar-refractivity contribution in [2.24, 2.45) is 0 Å². The second kappa shape index (κ2) is 8.04. The first-order valence-corrected chi connectivity index (χ1v) is 8.72. The van der Waals surface area contributed by atoms with Gasteiger partial charge >= 0.3 is 0 Å². The van der Waals surface area contributed by atoms with E-state index in [1.54, 1.807) is 30.3 Å². The Morgan fingerprint density at radius 1 is 1.15 bits per heavy atom. The molecule has 0 aliphatic carbocycles. The Morgan fingerprint density at radius 3 is 2.58 bits per heavy atom. The van der Waals surface area contributed by atoms with Gasteiger partial charge in [0.2, 0.25) is 0 Å². The number of anilines is 1. The van der Waals surface area contributed by atoms with Crippen molar-refractivity contribution in [2.45, 2.75) is 19.3 Å². The normalized spacial score (nSPS) is 14.6. The number of carbonyl (C=O) groups excluding carboxylic acids is 1. The zero-order valence-electron chi connectivity index (χ0n) is 14.7. The molecule has 0 saturated carbocycles. The molecule has 0 atom stereocenters. The molecule has 0 spiro atoms. The first kappa shape index (κ1) is 18.0. The molecule has 1 fully saturated rings. The number of phenolic OH excluding ortho intramolecular Hbond substituents is 1. The number of halogens is 1. The number of rotatable bonds is 5. The zero-order valence-corrected chi connectivity index (χ0v) is 14.7. The molecule has 1 N–H and O–H groups in total. The van der Waals surface area contributed by atoms with Crippen LogP contribution in [0, 0.1) is 5.82 Å². The number of methoxy groups -OCH3 is 1. The van der Waals surface area contributed by atoms with Crippen LogP contribution in [0.1, 0.15) is 35.2 Å². The van der Waals surface area contributed by atoms with Crippen LogP contribution < -0.4 is 9.64 Å². The number of aromatic hydroxyl groups is 1. The number of piperidine rings is 1. The number of ketones is 1. The van der Waals surface area contributed by atoms with E-state index in [2.05, 4.69) is 0 Å². The fraction of sp³-hybridized carbons (Fsp3) is 0.286. The third-order valence-electron chi connectivity index (χ3n) is 4.56. The van der Waals surface area contributed by atoms with Crippen molar-refractivity contribution in [1.82, 2.24) is 0 Å². The Morgan fingerprint density at radius 2 is 1.92 bits per heavy atom. The molecule has 1 heterocycles. The van der Waals surface area contributed by atoms with Gasteiger partial charge in [-0.05, 0) is 61.2 Å². The van der Waals surface area contributed by atoms with Crippen LogP contribution in [-0.2, 0) is 0 Å². The van der Waals surface area contributed by atoms with Gasteiger partial charge in [0.05, 0.1) is 12.8 Å². The summed E-state index contributed by atoms with van der Waals surface area (Å²) in [5.41, 5.74) is 1.52. The number of phenols is 1. The molecule has 1 saturated heterocycles. The number of nitrogens with zero attached hydrogens (tertiary/aromatic N) is 1. The fourth-order valence-corrected chi connectivity index (χ4v) is 3.13. The summed E-state index contributed by atoms with van der Waals surface area (Å²) in [5.74, 6) is -0.291. The molecule has 3 rings (SSSR count). The summed E-state index contributed by atoms with van der Waals surface area (Å²) >= 11 is 0. The first-order chi connectivity index (χ1) is 12.6.